The molecule has 0 N–H and O–H groups in total. The predicted molar refractivity (Wildman–Crippen MR) is 113 cm³/mol. The number of nitrogens with zero attached hydrogens (tertiary/aromatic N) is 3. The molecule has 1 fully saturated rings. The Morgan fingerprint density at radius 1 is 1.17 bits per heavy atom. The summed E-state index contributed by atoms with van der Waals surface area (Å²) in [6.07, 6.45) is 1.53. The predicted octanol–water partition coefficient (Wildman–Crippen LogP) is 4.06. The molecule has 29 heavy (non-hydrogen) atoms. The maximum atomic E-state index is 14.0. The first-order valence-electron chi connectivity index (χ1n) is 9.50. The summed E-state index contributed by atoms with van der Waals surface area (Å²) in [4.78, 5) is 21.7. The largest absolute Gasteiger partial charge is 0.378 e. The monoisotopic (exact) mass is 411 g/mol. The number of para-hydroxylation sites is 1. The van der Waals surface area contributed by atoms with E-state index in [0.29, 0.717) is 35.2 Å². The maximum absolute atomic E-state index is 14.0. The SMILES string of the molecule is CN(Cc1ccccc1N1CCOCC1)C(=O)c1cnc(-c2ccccc2F)s1. The van der Waals surface area contributed by atoms with Gasteiger partial charge in [-0.15, -0.1) is 11.3 Å². The molecule has 2 aromatic carbocycles. The Hall–Kier alpha value is -2.77. The highest BCUT2D eigenvalue weighted by Crippen LogP contribution is 2.29. The summed E-state index contributed by atoms with van der Waals surface area (Å²) in [5.41, 5.74) is 2.63. The number of halogens is 1. The van der Waals surface area contributed by atoms with Crippen LogP contribution in [0.4, 0.5) is 10.1 Å². The lowest BCUT2D eigenvalue weighted by Gasteiger charge is -2.31. The molecule has 1 aliphatic heterocycles. The fourth-order valence-electron chi connectivity index (χ4n) is 3.40. The minimum Gasteiger partial charge on any atom is -0.378 e. The van der Waals surface area contributed by atoms with Gasteiger partial charge in [-0.25, -0.2) is 9.37 Å². The molecule has 0 saturated carbocycles. The van der Waals surface area contributed by atoms with Crippen LogP contribution in [0.2, 0.25) is 0 Å². The molecular weight excluding hydrogens is 389 g/mol. The van der Waals surface area contributed by atoms with Crippen molar-refractivity contribution < 1.29 is 13.9 Å². The molecule has 0 spiro atoms. The highest BCUT2D eigenvalue weighted by Gasteiger charge is 2.20. The van der Waals surface area contributed by atoms with Crippen molar-refractivity contribution >= 4 is 22.9 Å². The fraction of sp³-hybridized carbons (Fsp3) is 0.273. The smallest absolute Gasteiger partial charge is 0.265 e. The Kier molecular flexibility index (Phi) is 5.87. The lowest BCUT2D eigenvalue weighted by molar-refractivity contribution is 0.0789. The van der Waals surface area contributed by atoms with Gasteiger partial charge in [0.05, 0.1) is 19.4 Å². The fourth-order valence-corrected chi connectivity index (χ4v) is 4.34. The average Bonchev–Trinajstić information content (AvgIpc) is 3.24. The summed E-state index contributed by atoms with van der Waals surface area (Å²) >= 11 is 1.21. The number of benzene rings is 2. The maximum Gasteiger partial charge on any atom is 0.265 e. The second-order valence-corrected chi connectivity index (χ2v) is 7.93. The molecule has 2 heterocycles. The molecular formula is C22H22FN3O2S. The van der Waals surface area contributed by atoms with Gasteiger partial charge < -0.3 is 14.5 Å². The number of anilines is 1. The van der Waals surface area contributed by atoms with Crippen LogP contribution in [0.3, 0.4) is 0 Å². The lowest BCUT2D eigenvalue weighted by atomic mass is 10.1. The summed E-state index contributed by atoms with van der Waals surface area (Å²) in [6, 6.07) is 14.6. The Morgan fingerprint density at radius 3 is 2.69 bits per heavy atom. The van der Waals surface area contributed by atoms with Gasteiger partial charge in [-0.1, -0.05) is 30.3 Å². The summed E-state index contributed by atoms with van der Waals surface area (Å²) < 4.78 is 19.5. The first-order valence-corrected chi connectivity index (χ1v) is 10.3. The van der Waals surface area contributed by atoms with Crippen LogP contribution in [0.25, 0.3) is 10.6 Å². The van der Waals surface area contributed by atoms with Gasteiger partial charge in [0.2, 0.25) is 0 Å². The minimum absolute atomic E-state index is 0.123. The van der Waals surface area contributed by atoms with Crippen molar-refractivity contribution in [3.63, 3.8) is 0 Å². The topological polar surface area (TPSA) is 45.7 Å². The number of thiazole rings is 1. The molecule has 7 heteroatoms. The average molecular weight is 412 g/mol. The molecule has 1 saturated heterocycles. The Morgan fingerprint density at radius 2 is 1.90 bits per heavy atom. The molecule has 4 rings (SSSR count). The number of hydrogen-bond acceptors (Lipinski definition) is 5. The van der Waals surface area contributed by atoms with E-state index in [-0.39, 0.29) is 11.7 Å². The quantitative estimate of drug-likeness (QED) is 0.635. The van der Waals surface area contributed by atoms with Crippen molar-refractivity contribution in [2.75, 3.05) is 38.3 Å². The molecule has 1 amide bonds. The molecule has 5 nitrogen and oxygen atoms in total. The van der Waals surface area contributed by atoms with Gasteiger partial charge in [-0.3, -0.25) is 4.79 Å². The van der Waals surface area contributed by atoms with Crippen molar-refractivity contribution in [3.8, 4) is 10.6 Å². The number of aromatic nitrogens is 1. The highest BCUT2D eigenvalue weighted by atomic mass is 32.1. The number of rotatable bonds is 5. The van der Waals surface area contributed by atoms with Crippen molar-refractivity contribution in [1.29, 1.82) is 0 Å². The molecule has 0 bridgehead atoms. The van der Waals surface area contributed by atoms with Crippen LogP contribution >= 0.6 is 11.3 Å². The van der Waals surface area contributed by atoms with Gasteiger partial charge in [-0.05, 0) is 23.8 Å². The van der Waals surface area contributed by atoms with Gasteiger partial charge in [0.15, 0.2) is 0 Å². The highest BCUT2D eigenvalue weighted by molar-refractivity contribution is 7.16. The van der Waals surface area contributed by atoms with E-state index in [4.69, 9.17) is 4.74 Å². The first kappa shape index (κ1) is 19.5. The Labute approximate surface area is 173 Å². The first-order chi connectivity index (χ1) is 14.1. The van der Waals surface area contributed by atoms with Gasteiger partial charge in [0, 0.05) is 37.9 Å². The summed E-state index contributed by atoms with van der Waals surface area (Å²) in [6.45, 7) is 3.59. The second-order valence-electron chi connectivity index (χ2n) is 6.90. The third-order valence-electron chi connectivity index (χ3n) is 4.92. The number of morpholine rings is 1. The van der Waals surface area contributed by atoms with E-state index >= 15 is 0 Å². The van der Waals surface area contributed by atoms with E-state index in [9.17, 15) is 9.18 Å². The van der Waals surface area contributed by atoms with Crippen molar-refractivity contribution in [2.45, 2.75) is 6.54 Å². The van der Waals surface area contributed by atoms with Crippen LogP contribution in [-0.2, 0) is 11.3 Å². The van der Waals surface area contributed by atoms with E-state index in [1.165, 1.54) is 23.6 Å². The van der Waals surface area contributed by atoms with Gasteiger partial charge in [0.25, 0.3) is 5.91 Å². The third kappa shape index (κ3) is 4.31. The van der Waals surface area contributed by atoms with Gasteiger partial charge >= 0.3 is 0 Å². The normalized spacial score (nSPS) is 14.1. The summed E-state index contributed by atoms with van der Waals surface area (Å²) in [7, 11) is 1.78. The molecule has 0 aliphatic carbocycles. The molecule has 1 aromatic heterocycles. The molecule has 3 aromatic rings. The van der Waals surface area contributed by atoms with Gasteiger partial charge in [-0.2, -0.15) is 0 Å². The number of hydrogen-bond donors (Lipinski definition) is 0. The number of carbonyl (C=O) groups excluding carboxylic acids is 1. The lowest BCUT2D eigenvalue weighted by Crippen LogP contribution is -2.37. The van der Waals surface area contributed by atoms with E-state index in [2.05, 4.69) is 16.0 Å². The molecule has 0 atom stereocenters. The molecule has 1 aliphatic rings. The molecule has 0 radical (unpaired) electrons. The van der Waals surface area contributed by atoms with Crippen LogP contribution in [0.5, 0.6) is 0 Å². The summed E-state index contributed by atoms with van der Waals surface area (Å²) in [5, 5.41) is 0.508. The summed E-state index contributed by atoms with van der Waals surface area (Å²) in [5.74, 6) is -0.462. The third-order valence-corrected chi connectivity index (χ3v) is 5.94. The van der Waals surface area contributed by atoms with E-state index in [1.54, 1.807) is 30.1 Å². The van der Waals surface area contributed by atoms with Crippen LogP contribution in [-0.4, -0.2) is 49.1 Å². The Balaban J connectivity index is 1.50. The number of carbonyl (C=O) groups is 1. The van der Waals surface area contributed by atoms with E-state index in [0.717, 1.165) is 24.3 Å². The molecule has 0 unspecified atom stereocenters. The minimum atomic E-state index is -0.339. The van der Waals surface area contributed by atoms with Crippen molar-refractivity contribution in [2.24, 2.45) is 0 Å². The van der Waals surface area contributed by atoms with Gasteiger partial charge in [0.1, 0.15) is 15.7 Å². The zero-order valence-corrected chi connectivity index (χ0v) is 17.0. The van der Waals surface area contributed by atoms with Crippen molar-refractivity contribution in [3.05, 3.63) is 71.0 Å². The van der Waals surface area contributed by atoms with E-state index in [1.807, 2.05) is 18.2 Å². The van der Waals surface area contributed by atoms with E-state index < -0.39 is 0 Å². The zero-order valence-electron chi connectivity index (χ0n) is 16.2. The van der Waals surface area contributed by atoms with Crippen LogP contribution in [0.15, 0.2) is 54.7 Å². The molecule has 150 valence electrons. The zero-order chi connectivity index (χ0) is 20.2. The standard InChI is InChI=1S/C22H22FN3O2S/c1-25(15-16-6-2-5-9-19(16)26-10-12-28-13-11-26)22(27)20-14-24-21(29-20)17-7-3-4-8-18(17)23/h2-9,14H,10-13,15H2,1H3. The van der Waals surface area contributed by atoms with Crippen LogP contribution in [0.1, 0.15) is 15.2 Å². The van der Waals surface area contributed by atoms with Crippen LogP contribution < -0.4 is 4.90 Å². The van der Waals surface area contributed by atoms with Crippen molar-refractivity contribution in [1.82, 2.24) is 9.88 Å². The second kappa shape index (κ2) is 8.71. The van der Waals surface area contributed by atoms with Crippen LogP contribution in [0, 0.1) is 5.82 Å². The number of amides is 1. The Bertz CT molecular complexity index is 1000. The number of ether oxygens (including phenoxy) is 1.